The third kappa shape index (κ3) is 2.20. The molecule has 2 aromatic heterocycles. The van der Waals surface area contributed by atoms with E-state index in [4.69, 9.17) is 11.6 Å². The van der Waals surface area contributed by atoms with Crippen LogP contribution in [0.4, 0.5) is 0 Å². The normalized spacial score (nSPS) is 12.8. The van der Waals surface area contributed by atoms with E-state index in [2.05, 4.69) is 10.1 Å². The molecule has 0 bridgehead atoms. The second kappa shape index (κ2) is 4.85. The van der Waals surface area contributed by atoms with Gasteiger partial charge in [0.2, 0.25) is 0 Å². The van der Waals surface area contributed by atoms with Crippen LogP contribution in [0, 0.1) is 0 Å². The smallest absolute Gasteiger partial charge is 0.359 e. The summed E-state index contributed by atoms with van der Waals surface area (Å²) in [5.74, 6) is 0. The maximum Gasteiger partial charge on any atom is 0.359 e. The molecule has 0 saturated heterocycles. The van der Waals surface area contributed by atoms with Crippen LogP contribution >= 0.6 is 11.6 Å². The summed E-state index contributed by atoms with van der Waals surface area (Å²) in [6.07, 6.45) is 3.21. The van der Waals surface area contributed by atoms with E-state index in [-0.39, 0.29) is 0 Å². The Morgan fingerprint density at radius 2 is 2.00 bits per heavy atom. The van der Waals surface area contributed by atoms with Gasteiger partial charge in [-0.05, 0) is 18.2 Å². The molecule has 1 atom stereocenters. The molecule has 0 aliphatic carbocycles. The lowest BCUT2D eigenvalue weighted by Crippen LogP contribution is -2.08. The number of benzene rings is 1. The van der Waals surface area contributed by atoms with Gasteiger partial charge < -0.3 is 4.55 Å². The molecule has 3 aromatic rings. The van der Waals surface area contributed by atoms with Crippen molar-refractivity contribution in [3.8, 4) is 11.3 Å². The fourth-order valence-electron chi connectivity index (χ4n) is 1.89. The average molecular weight is 292 g/mol. The molecule has 0 saturated carbocycles. The largest absolute Gasteiger partial charge is 0.609 e. The molecule has 0 aliphatic rings. The molecule has 19 heavy (non-hydrogen) atoms. The summed E-state index contributed by atoms with van der Waals surface area (Å²) in [4.78, 5) is 4.07. The van der Waals surface area contributed by atoms with Crippen LogP contribution in [0.15, 0.2) is 47.8 Å². The van der Waals surface area contributed by atoms with Crippen LogP contribution < -0.4 is 0 Å². The van der Waals surface area contributed by atoms with E-state index >= 15 is 0 Å². The minimum atomic E-state index is -1.22. The second-order valence-corrected chi connectivity index (χ2v) is 5.71. The summed E-state index contributed by atoms with van der Waals surface area (Å²) < 4.78 is 13.2. The van der Waals surface area contributed by atoms with Crippen molar-refractivity contribution in [2.75, 3.05) is 6.26 Å². The molecule has 2 heterocycles. The summed E-state index contributed by atoms with van der Waals surface area (Å²) in [5, 5.41) is 5.25. The van der Waals surface area contributed by atoms with Crippen LogP contribution in [0.3, 0.4) is 0 Å². The van der Waals surface area contributed by atoms with Crippen molar-refractivity contribution in [1.29, 1.82) is 0 Å². The lowest BCUT2D eigenvalue weighted by atomic mass is 10.1. The van der Waals surface area contributed by atoms with Gasteiger partial charge in [0.1, 0.15) is 6.26 Å². The van der Waals surface area contributed by atoms with Crippen LogP contribution in [0.2, 0.25) is 5.02 Å². The molecule has 4 nitrogen and oxygen atoms in total. The van der Waals surface area contributed by atoms with Gasteiger partial charge in [0.25, 0.3) is 0 Å². The maximum atomic E-state index is 11.5. The fraction of sp³-hybridized carbons (Fsp3) is 0.0769. The molecule has 0 spiro atoms. The molecular formula is C13H10ClN3OS. The van der Waals surface area contributed by atoms with Crippen LogP contribution in [0.1, 0.15) is 0 Å². The van der Waals surface area contributed by atoms with Gasteiger partial charge in [-0.15, -0.1) is 0 Å². The summed E-state index contributed by atoms with van der Waals surface area (Å²) in [5.41, 5.74) is 2.58. The highest BCUT2D eigenvalue weighted by Crippen LogP contribution is 2.28. The molecule has 96 valence electrons. The molecule has 0 radical (unpaired) electrons. The van der Waals surface area contributed by atoms with Gasteiger partial charge in [-0.2, -0.15) is 4.98 Å². The Bertz CT molecular complexity index is 742. The molecule has 0 fully saturated rings. The van der Waals surface area contributed by atoms with Crippen molar-refractivity contribution in [1.82, 2.24) is 14.6 Å². The van der Waals surface area contributed by atoms with Gasteiger partial charge in [0.15, 0.2) is 0 Å². The van der Waals surface area contributed by atoms with E-state index in [1.807, 2.05) is 36.4 Å². The van der Waals surface area contributed by atoms with E-state index in [9.17, 15) is 4.55 Å². The quantitative estimate of drug-likeness (QED) is 0.682. The fourth-order valence-corrected chi connectivity index (χ4v) is 2.52. The predicted molar refractivity (Wildman–Crippen MR) is 75.8 cm³/mol. The Balaban J connectivity index is 2.25. The Morgan fingerprint density at radius 3 is 2.74 bits per heavy atom. The van der Waals surface area contributed by atoms with Crippen molar-refractivity contribution in [3.05, 3.63) is 47.6 Å². The van der Waals surface area contributed by atoms with Crippen LogP contribution in [0.5, 0.6) is 0 Å². The third-order valence-electron chi connectivity index (χ3n) is 2.78. The minimum absolute atomic E-state index is 0.303. The summed E-state index contributed by atoms with van der Waals surface area (Å²) in [7, 11) is 0. The van der Waals surface area contributed by atoms with Crippen molar-refractivity contribution < 1.29 is 4.55 Å². The van der Waals surface area contributed by atoms with Crippen molar-refractivity contribution >= 4 is 28.3 Å². The predicted octanol–water partition coefficient (Wildman–Crippen LogP) is 2.79. The summed E-state index contributed by atoms with van der Waals surface area (Å²) in [6, 6.07) is 11.4. The van der Waals surface area contributed by atoms with E-state index in [0.717, 1.165) is 16.8 Å². The van der Waals surface area contributed by atoms with Gasteiger partial charge in [-0.1, -0.05) is 34.9 Å². The Kier molecular flexibility index (Phi) is 3.18. The average Bonchev–Trinajstić information content (AvgIpc) is 2.82. The van der Waals surface area contributed by atoms with E-state index in [0.29, 0.717) is 10.2 Å². The van der Waals surface area contributed by atoms with Gasteiger partial charge >= 0.3 is 5.16 Å². The number of halogens is 1. The van der Waals surface area contributed by atoms with Gasteiger partial charge in [-0.3, -0.25) is 0 Å². The molecule has 1 unspecified atom stereocenters. The maximum absolute atomic E-state index is 11.5. The number of rotatable bonds is 2. The highest BCUT2D eigenvalue weighted by Gasteiger charge is 2.13. The van der Waals surface area contributed by atoms with E-state index in [1.165, 1.54) is 0 Å². The highest BCUT2D eigenvalue weighted by molar-refractivity contribution is 7.90. The zero-order valence-corrected chi connectivity index (χ0v) is 11.6. The topological polar surface area (TPSA) is 53.2 Å². The van der Waals surface area contributed by atoms with Crippen LogP contribution in [-0.2, 0) is 11.2 Å². The van der Waals surface area contributed by atoms with Gasteiger partial charge in [-0.25, -0.2) is 4.52 Å². The lowest BCUT2D eigenvalue weighted by molar-refractivity contribution is 0.587. The molecule has 6 heteroatoms. The van der Waals surface area contributed by atoms with Crippen LogP contribution in [-0.4, -0.2) is 25.4 Å². The standard InChI is InChI=1S/C13H10ClN3OS/c1-19(18)13-15-8-9-6-7-12(17(9)16-13)10-4-2-3-5-11(10)14/h2-8H,1H3. The molecular weight excluding hydrogens is 282 g/mol. The van der Waals surface area contributed by atoms with Gasteiger partial charge in [0, 0.05) is 21.8 Å². The molecule has 0 amide bonds. The third-order valence-corrected chi connectivity index (χ3v) is 3.82. The lowest BCUT2D eigenvalue weighted by Gasteiger charge is -2.06. The van der Waals surface area contributed by atoms with E-state index < -0.39 is 11.2 Å². The molecule has 1 aromatic carbocycles. The van der Waals surface area contributed by atoms with E-state index in [1.54, 1.807) is 17.0 Å². The summed E-state index contributed by atoms with van der Waals surface area (Å²) in [6.45, 7) is 0. The minimum Gasteiger partial charge on any atom is -0.609 e. The Hall–Kier alpha value is -1.56. The van der Waals surface area contributed by atoms with Crippen molar-refractivity contribution in [3.63, 3.8) is 0 Å². The number of fused-ring (bicyclic) bond motifs is 1. The van der Waals surface area contributed by atoms with Gasteiger partial charge in [0.05, 0.1) is 17.4 Å². The number of aromatic nitrogens is 3. The first-order chi connectivity index (χ1) is 9.16. The first kappa shape index (κ1) is 12.5. The number of nitrogens with zero attached hydrogens (tertiary/aromatic N) is 3. The second-order valence-electron chi connectivity index (χ2n) is 4.03. The zero-order valence-electron chi connectivity index (χ0n) is 10.1. The Labute approximate surface area is 118 Å². The molecule has 0 N–H and O–H groups in total. The SMILES string of the molecule is C[S+]([O-])c1ncc2ccc(-c3ccccc3Cl)n2n1. The molecule has 0 aliphatic heterocycles. The highest BCUT2D eigenvalue weighted by atomic mass is 35.5. The summed E-state index contributed by atoms with van der Waals surface area (Å²) >= 11 is 4.99. The van der Waals surface area contributed by atoms with Crippen molar-refractivity contribution in [2.24, 2.45) is 0 Å². The monoisotopic (exact) mass is 291 g/mol. The van der Waals surface area contributed by atoms with Crippen LogP contribution in [0.25, 0.3) is 16.8 Å². The zero-order chi connectivity index (χ0) is 13.4. The first-order valence-electron chi connectivity index (χ1n) is 5.60. The Morgan fingerprint density at radius 1 is 1.21 bits per heavy atom. The number of hydrogen-bond donors (Lipinski definition) is 0. The van der Waals surface area contributed by atoms with Crippen molar-refractivity contribution in [2.45, 2.75) is 5.16 Å². The number of hydrogen-bond acceptors (Lipinski definition) is 3. The molecule has 3 rings (SSSR count). The first-order valence-corrected chi connectivity index (χ1v) is 7.53.